The number of aryl methyl sites for hydroxylation is 1. The molecule has 198 valence electrons. The second-order valence-corrected chi connectivity index (χ2v) is 10.4. The molecule has 4 aromatic rings. The highest BCUT2D eigenvalue weighted by molar-refractivity contribution is 5.92. The summed E-state index contributed by atoms with van der Waals surface area (Å²) in [4.78, 5) is 16.1. The summed E-state index contributed by atoms with van der Waals surface area (Å²) < 4.78 is 1.91. The van der Waals surface area contributed by atoms with E-state index in [-0.39, 0.29) is 12.6 Å². The number of benzene rings is 1. The molecule has 9 nitrogen and oxygen atoms in total. The van der Waals surface area contributed by atoms with Gasteiger partial charge in [0, 0.05) is 30.7 Å². The molecule has 0 spiro atoms. The van der Waals surface area contributed by atoms with E-state index < -0.39 is 5.54 Å². The molecule has 3 aromatic heterocycles. The Hall–Kier alpha value is -3.30. The van der Waals surface area contributed by atoms with Crippen molar-refractivity contribution in [2.75, 3.05) is 31.2 Å². The van der Waals surface area contributed by atoms with E-state index in [9.17, 15) is 5.11 Å². The van der Waals surface area contributed by atoms with Gasteiger partial charge in [0.15, 0.2) is 5.82 Å². The normalized spacial score (nSPS) is 13.5. The highest BCUT2D eigenvalue weighted by Crippen LogP contribution is 2.32. The van der Waals surface area contributed by atoms with Gasteiger partial charge in [0.1, 0.15) is 5.52 Å². The number of rotatable bonds is 12. The van der Waals surface area contributed by atoms with Gasteiger partial charge >= 0.3 is 0 Å². The number of aliphatic hydroxyl groups is 1. The lowest BCUT2D eigenvalue weighted by Crippen LogP contribution is -2.39. The maximum absolute atomic E-state index is 10.1. The van der Waals surface area contributed by atoms with E-state index in [1.807, 2.05) is 37.1 Å². The van der Waals surface area contributed by atoms with Crippen molar-refractivity contribution >= 4 is 33.7 Å². The first-order valence-corrected chi connectivity index (χ1v) is 13.2. The number of fused-ring (bicyclic) bond motifs is 2. The van der Waals surface area contributed by atoms with E-state index in [4.69, 9.17) is 10.7 Å². The molecular formula is C28H40N8O. The SMILES string of the molecule is CCCCN(C)Cc1cc2c(cnn2C)cc1-c1cnc2c(N[C@@](C)(CO)CCCC)nc(N)nc2c1. The van der Waals surface area contributed by atoms with Crippen LogP contribution in [0.3, 0.4) is 0 Å². The fraction of sp³-hybridized carbons (Fsp3) is 0.500. The molecule has 4 rings (SSSR count). The van der Waals surface area contributed by atoms with Crippen LogP contribution in [0.4, 0.5) is 11.8 Å². The number of nitrogen functional groups attached to an aromatic ring is 1. The molecule has 0 radical (unpaired) electrons. The van der Waals surface area contributed by atoms with E-state index in [1.165, 1.54) is 5.56 Å². The summed E-state index contributed by atoms with van der Waals surface area (Å²) >= 11 is 0. The fourth-order valence-corrected chi connectivity index (χ4v) is 4.75. The van der Waals surface area contributed by atoms with Gasteiger partial charge in [-0.1, -0.05) is 33.1 Å². The molecule has 1 atom stereocenters. The first-order valence-electron chi connectivity index (χ1n) is 13.2. The van der Waals surface area contributed by atoms with Crippen LogP contribution in [0.5, 0.6) is 0 Å². The Bertz CT molecular complexity index is 1370. The molecule has 0 aliphatic carbocycles. The Balaban J connectivity index is 1.77. The average molecular weight is 505 g/mol. The minimum atomic E-state index is -0.522. The minimum Gasteiger partial charge on any atom is -0.394 e. The van der Waals surface area contributed by atoms with E-state index in [1.54, 1.807) is 0 Å². The molecule has 0 fully saturated rings. The molecule has 0 saturated carbocycles. The summed E-state index contributed by atoms with van der Waals surface area (Å²) in [5.74, 6) is 0.718. The van der Waals surface area contributed by atoms with Crippen molar-refractivity contribution in [2.24, 2.45) is 7.05 Å². The molecule has 4 N–H and O–H groups in total. The van der Waals surface area contributed by atoms with Gasteiger partial charge in [0.25, 0.3) is 0 Å². The van der Waals surface area contributed by atoms with Crippen LogP contribution >= 0.6 is 0 Å². The fourth-order valence-electron chi connectivity index (χ4n) is 4.75. The first kappa shape index (κ1) is 26.8. The molecule has 37 heavy (non-hydrogen) atoms. The predicted octanol–water partition coefficient (Wildman–Crippen LogP) is 4.75. The monoisotopic (exact) mass is 504 g/mol. The van der Waals surface area contributed by atoms with Crippen LogP contribution < -0.4 is 11.1 Å². The highest BCUT2D eigenvalue weighted by atomic mass is 16.3. The van der Waals surface area contributed by atoms with Crippen LogP contribution in [0.15, 0.2) is 30.6 Å². The largest absolute Gasteiger partial charge is 0.394 e. The number of nitrogens with one attached hydrogen (secondary N) is 1. The van der Waals surface area contributed by atoms with Crippen molar-refractivity contribution in [2.45, 2.75) is 65.0 Å². The Morgan fingerprint density at radius 1 is 1.11 bits per heavy atom. The van der Waals surface area contributed by atoms with Gasteiger partial charge in [-0.05, 0) is 62.7 Å². The molecule has 1 aromatic carbocycles. The first-order chi connectivity index (χ1) is 17.8. The molecule has 0 aliphatic rings. The zero-order valence-corrected chi connectivity index (χ0v) is 22.8. The number of pyridine rings is 1. The van der Waals surface area contributed by atoms with Crippen molar-refractivity contribution in [1.29, 1.82) is 0 Å². The maximum Gasteiger partial charge on any atom is 0.222 e. The number of hydrogen-bond acceptors (Lipinski definition) is 8. The van der Waals surface area contributed by atoms with Gasteiger partial charge in [-0.2, -0.15) is 10.1 Å². The average Bonchev–Trinajstić information content (AvgIpc) is 3.24. The molecule has 9 heteroatoms. The molecule has 3 heterocycles. The predicted molar refractivity (Wildman–Crippen MR) is 151 cm³/mol. The zero-order valence-electron chi connectivity index (χ0n) is 22.8. The minimum absolute atomic E-state index is 0.0173. The Kier molecular flexibility index (Phi) is 8.24. The van der Waals surface area contributed by atoms with Crippen molar-refractivity contribution in [3.8, 4) is 11.1 Å². The number of nitrogens with two attached hydrogens (primary N) is 1. The Morgan fingerprint density at radius 3 is 2.62 bits per heavy atom. The summed E-state index contributed by atoms with van der Waals surface area (Å²) in [7, 11) is 4.13. The van der Waals surface area contributed by atoms with Gasteiger partial charge in [0.2, 0.25) is 5.95 Å². The second-order valence-electron chi connectivity index (χ2n) is 10.4. The molecule has 0 unspecified atom stereocenters. The van der Waals surface area contributed by atoms with Gasteiger partial charge in [0.05, 0.1) is 29.4 Å². The number of aromatic nitrogens is 5. The molecule has 0 amide bonds. The lowest BCUT2D eigenvalue weighted by Gasteiger charge is -2.29. The zero-order chi connectivity index (χ0) is 26.6. The van der Waals surface area contributed by atoms with Crippen LogP contribution in [-0.4, -0.2) is 60.5 Å². The van der Waals surface area contributed by atoms with E-state index in [0.717, 1.165) is 67.2 Å². The van der Waals surface area contributed by atoms with Crippen LogP contribution in [0.1, 0.15) is 58.4 Å². The quantitative estimate of drug-likeness (QED) is 0.253. The summed E-state index contributed by atoms with van der Waals surface area (Å²) in [5, 5.41) is 19.0. The smallest absolute Gasteiger partial charge is 0.222 e. The van der Waals surface area contributed by atoms with E-state index in [0.29, 0.717) is 16.9 Å². The van der Waals surface area contributed by atoms with Crippen LogP contribution in [0.2, 0.25) is 0 Å². The summed E-state index contributed by atoms with van der Waals surface area (Å²) in [6.07, 6.45) is 8.94. The molecule has 0 bridgehead atoms. The standard InChI is InChI=1S/C28H40N8O/c1-6-8-10-28(3,18-37)34-26-25-23(32-27(29)33-26)13-19(15-30-25)22-12-20-16-31-36(5)24(20)14-21(22)17-35(4)11-9-7-2/h12-16,37H,6-11,17-18H2,1-5H3,(H3,29,32,33,34)/t28-/m1/s1. The third-order valence-corrected chi connectivity index (χ3v) is 7.02. The second kappa shape index (κ2) is 11.4. The summed E-state index contributed by atoms with van der Waals surface area (Å²) in [6.45, 7) is 8.18. The van der Waals surface area contributed by atoms with Gasteiger partial charge < -0.3 is 21.1 Å². The third kappa shape index (κ3) is 5.99. The number of aliphatic hydroxyl groups excluding tert-OH is 1. The van der Waals surface area contributed by atoms with E-state index >= 15 is 0 Å². The maximum atomic E-state index is 10.1. The third-order valence-electron chi connectivity index (χ3n) is 7.02. The Morgan fingerprint density at radius 2 is 1.89 bits per heavy atom. The Labute approximate surface area is 219 Å². The van der Waals surface area contributed by atoms with Gasteiger partial charge in [-0.25, -0.2) is 4.98 Å². The number of anilines is 2. The highest BCUT2D eigenvalue weighted by Gasteiger charge is 2.25. The van der Waals surface area contributed by atoms with Crippen LogP contribution in [0.25, 0.3) is 33.1 Å². The van der Waals surface area contributed by atoms with Crippen LogP contribution in [-0.2, 0) is 13.6 Å². The molecular weight excluding hydrogens is 464 g/mol. The van der Waals surface area contributed by atoms with Crippen LogP contribution in [0, 0.1) is 0 Å². The lowest BCUT2D eigenvalue weighted by molar-refractivity contribution is 0.212. The van der Waals surface area contributed by atoms with Gasteiger partial charge in [-0.15, -0.1) is 0 Å². The summed E-state index contributed by atoms with van der Waals surface area (Å²) in [5.41, 5.74) is 11.3. The van der Waals surface area contributed by atoms with Crippen molar-refractivity contribution in [1.82, 2.24) is 29.6 Å². The summed E-state index contributed by atoms with van der Waals surface area (Å²) in [6, 6.07) is 6.44. The molecule has 0 saturated heterocycles. The van der Waals surface area contributed by atoms with Crippen molar-refractivity contribution < 1.29 is 5.11 Å². The number of nitrogens with zero attached hydrogens (tertiary/aromatic N) is 6. The lowest BCUT2D eigenvalue weighted by atomic mass is 9.95. The van der Waals surface area contributed by atoms with E-state index in [2.05, 4.69) is 58.3 Å². The van der Waals surface area contributed by atoms with Gasteiger partial charge in [-0.3, -0.25) is 9.67 Å². The van der Waals surface area contributed by atoms with Crippen molar-refractivity contribution in [3.63, 3.8) is 0 Å². The molecule has 0 aliphatic heterocycles. The topological polar surface area (TPSA) is 118 Å². The number of hydrogen-bond donors (Lipinski definition) is 3. The van der Waals surface area contributed by atoms with Crippen molar-refractivity contribution in [3.05, 3.63) is 36.2 Å². The number of unbranched alkanes of at least 4 members (excludes halogenated alkanes) is 2.